The SMILES string of the molecule is CCOc1ccccc1CNC(=O)C1CC(c2sc(-c3cccc(C)c3)nc2C)NN1. The van der Waals surface area contributed by atoms with Crippen molar-refractivity contribution < 1.29 is 9.53 Å². The molecule has 1 aliphatic heterocycles. The quantitative estimate of drug-likeness (QED) is 0.521. The van der Waals surface area contributed by atoms with Crippen molar-refractivity contribution in [3.8, 4) is 16.3 Å². The van der Waals surface area contributed by atoms with Gasteiger partial charge >= 0.3 is 0 Å². The Labute approximate surface area is 187 Å². The Morgan fingerprint density at radius 1 is 1.19 bits per heavy atom. The number of aryl methyl sites for hydroxylation is 2. The molecule has 2 unspecified atom stereocenters. The average Bonchev–Trinajstić information content (AvgIpc) is 3.40. The van der Waals surface area contributed by atoms with Gasteiger partial charge in [-0.05, 0) is 39.3 Å². The van der Waals surface area contributed by atoms with Crippen LogP contribution in [0.5, 0.6) is 5.75 Å². The summed E-state index contributed by atoms with van der Waals surface area (Å²) < 4.78 is 5.64. The molecule has 31 heavy (non-hydrogen) atoms. The molecule has 1 amide bonds. The van der Waals surface area contributed by atoms with Crippen molar-refractivity contribution in [2.45, 2.75) is 45.8 Å². The van der Waals surface area contributed by atoms with Crippen molar-refractivity contribution >= 4 is 17.2 Å². The van der Waals surface area contributed by atoms with Crippen LogP contribution in [-0.2, 0) is 11.3 Å². The van der Waals surface area contributed by atoms with Crippen molar-refractivity contribution in [2.75, 3.05) is 6.61 Å². The van der Waals surface area contributed by atoms with Crippen molar-refractivity contribution in [1.82, 2.24) is 21.2 Å². The Hall–Kier alpha value is -2.74. The number of aromatic nitrogens is 1. The lowest BCUT2D eigenvalue weighted by Gasteiger charge is -2.13. The number of amides is 1. The number of nitrogens with one attached hydrogen (secondary N) is 3. The lowest BCUT2D eigenvalue weighted by molar-refractivity contribution is -0.123. The molecule has 4 rings (SSSR count). The van der Waals surface area contributed by atoms with Crippen molar-refractivity contribution in [2.24, 2.45) is 0 Å². The second-order valence-electron chi connectivity index (χ2n) is 7.73. The average molecular weight is 437 g/mol. The third kappa shape index (κ3) is 4.95. The summed E-state index contributed by atoms with van der Waals surface area (Å²) in [6, 6.07) is 15.9. The van der Waals surface area contributed by atoms with E-state index in [0.717, 1.165) is 27.6 Å². The molecule has 2 heterocycles. The second kappa shape index (κ2) is 9.60. The lowest BCUT2D eigenvalue weighted by Crippen LogP contribution is -2.42. The molecule has 162 valence electrons. The number of carbonyl (C=O) groups excluding carboxylic acids is 1. The number of ether oxygens (including phenoxy) is 1. The maximum atomic E-state index is 12.7. The highest BCUT2D eigenvalue weighted by Gasteiger charge is 2.32. The van der Waals surface area contributed by atoms with E-state index >= 15 is 0 Å². The molecule has 1 aliphatic rings. The normalized spacial score (nSPS) is 18.2. The Balaban J connectivity index is 1.39. The van der Waals surface area contributed by atoms with Gasteiger partial charge < -0.3 is 10.1 Å². The lowest BCUT2D eigenvalue weighted by atomic mass is 10.1. The van der Waals surface area contributed by atoms with Crippen LogP contribution in [-0.4, -0.2) is 23.5 Å². The predicted octanol–water partition coefficient (Wildman–Crippen LogP) is 4.05. The van der Waals surface area contributed by atoms with Crippen LogP contribution in [0.1, 0.15) is 41.1 Å². The monoisotopic (exact) mass is 436 g/mol. The first-order valence-electron chi connectivity index (χ1n) is 10.6. The zero-order valence-corrected chi connectivity index (χ0v) is 18.9. The summed E-state index contributed by atoms with van der Waals surface area (Å²) in [5.74, 6) is 0.784. The highest BCUT2D eigenvalue weighted by Crippen LogP contribution is 2.35. The predicted molar refractivity (Wildman–Crippen MR) is 124 cm³/mol. The van der Waals surface area contributed by atoms with Crippen LogP contribution >= 0.6 is 11.3 Å². The summed E-state index contributed by atoms with van der Waals surface area (Å²) >= 11 is 1.69. The molecule has 2 atom stereocenters. The van der Waals surface area contributed by atoms with Gasteiger partial charge in [0.15, 0.2) is 0 Å². The van der Waals surface area contributed by atoms with Gasteiger partial charge in [0.2, 0.25) is 5.91 Å². The van der Waals surface area contributed by atoms with E-state index in [1.165, 1.54) is 10.4 Å². The number of rotatable bonds is 7. The molecule has 1 fully saturated rings. The maximum absolute atomic E-state index is 12.7. The molecule has 7 heteroatoms. The number of carbonyl (C=O) groups is 1. The summed E-state index contributed by atoms with van der Waals surface area (Å²) in [5.41, 5.74) is 10.8. The first kappa shape index (κ1) is 21.5. The minimum atomic E-state index is -0.298. The van der Waals surface area contributed by atoms with Crippen molar-refractivity contribution in [3.05, 3.63) is 70.2 Å². The van der Waals surface area contributed by atoms with Gasteiger partial charge in [0.05, 0.1) is 18.3 Å². The Bertz CT molecular complexity index is 1070. The van der Waals surface area contributed by atoms with E-state index in [1.54, 1.807) is 11.3 Å². The van der Waals surface area contributed by atoms with E-state index in [4.69, 9.17) is 9.72 Å². The van der Waals surface area contributed by atoms with Gasteiger partial charge in [0, 0.05) is 22.5 Å². The fraction of sp³-hybridized carbons (Fsp3) is 0.333. The first-order chi connectivity index (χ1) is 15.0. The Kier molecular flexibility index (Phi) is 6.65. The van der Waals surface area contributed by atoms with Crippen LogP contribution in [0.25, 0.3) is 10.6 Å². The standard InChI is InChI=1S/C24H28N4O2S/c1-4-30-21-11-6-5-9-18(21)14-25-23(29)20-13-19(27-28-20)22-16(3)26-24(31-22)17-10-7-8-15(2)12-17/h5-12,19-20,27-28H,4,13-14H2,1-3H3,(H,25,29). The van der Waals surface area contributed by atoms with Gasteiger partial charge in [-0.15, -0.1) is 11.3 Å². The smallest absolute Gasteiger partial charge is 0.238 e. The zero-order chi connectivity index (χ0) is 21.8. The summed E-state index contributed by atoms with van der Waals surface area (Å²) in [4.78, 5) is 18.7. The molecule has 0 bridgehead atoms. The van der Waals surface area contributed by atoms with Gasteiger partial charge in [0.1, 0.15) is 16.8 Å². The molecule has 0 aliphatic carbocycles. The van der Waals surface area contributed by atoms with E-state index in [9.17, 15) is 4.79 Å². The molecule has 3 N–H and O–H groups in total. The second-order valence-corrected chi connectivity index (χ2v) is 8.76. The molecule has 2 aromatic carbocycles. The van der Waals surface area contributed by atoms with Crippen LogP contribution in [0.3, 0.4) is 0 Å². The molecule has 3 aromatic rings. The van der Waals surface area contributed by atoms with E-state index in [0.29, 0.717) is 19.6 Å². The van der Waals surface area contributed by atoms with Gasteiger partial charge in [0.25, 0.3) is 0 Å². The maximum Gasteiger partial charge on any atom is 0.238 e. The van der Waals surface area contributed by atoms with Gasteiger partial charge in [-0.2, -0.15) is 0 Å². The minimum absolute atomic E-state index is 0.0256. The van der Waals surface area contributed by atoms with Crippen LogP contribution in [0.2, 0.25) is 0 Å². The molecular formula is C24H28N4O2S. The van der Waals surface area contributed by atoms with Crippen LogP contribution < -0.4 is 20.9 Å². The van der Waals surface area contributed by atoms with Gasteiger partial charge in [-0.25, -0.2) is 15.8 Å². The number of benzene rings is 2. The van der Waals surface area contributed by atoms with E-state index in [2.05, 4.69) is 47.4 Å². The molecule has 1 saturated heterocycles. The Morgan fingerprint density at radius 2 is 2.03 bits per heavy atom. The van der Waals surface area contributed by atoms with E-state index in [-0.39, 0.29) is 18.0 Å². The number of hydrogen-bond acceptors (Lipinski definition) is 6. The largest absolute Gasteiger partial charge is 0.494 e. The molecular weight excluding hydrogens is 408 g/mol. The minimum Gasteiger partial charge on any atom is -0.494 e. The van der Waals surface area contributed by atoms with Crippen LogP contribution in [0, 0.1) is 13.8 Å². The first-order valence-corrected chi connectivity index (χ1v) is 11.4. The third-order valence-corrected chi connectivity index (χ3v) is 6.68. The van der Waals surface area contributed by atoms with Crippen LogP contribution in [0.15, 0.2) is 48.5 Å². The number of hydrazine groups is 1. The summed E-state index contributed by atoms with van der Waals surface area (Å²) in [6.45, 7) is 7.11. The highest BCUT2D eigenvalue weighted by molar-refractivity contribution is 7.15. The fourth-order valence-electron chi connectivity index (χ4n) is 3.78. The Morgan fingerprint density at radius 3 is 2.84 bits per heavy atom. The summed E-state index contributed by atoms with van der Waals surface area (Å²) in [6.07, 6.45) is 0.676. The van der Waals surface area contributed by atoms with Gasteiger partial charge in [-0.3, -0.25) is 4.79 Å². The van der Waals surface area contributed by atoms with Crippen molar-refractivity contribution in [3.63, 3.8) is 0 Å². The summed E-state index contributed by atoms with van der Waals surface area (Å²) in [5, 5.41) is 4.04. The summed E-state index contributed by atoms with van der Waals surface area (Å²) in [7, 11) is 0. The fourth-order valence-corrected chi connectivity index (χ4v) is 4.91. The van der Waals surface area contributed by atoms with Crippen molar-refractivity contribution in [1.29, 1.82) is 0 Å². The number of hydrogen-bond donors (Lipinski definition) is 3. The number of para-hydroxylation sites is 1. The van der Waals surface area contributed by atoms with Crippen LogP contribution in [0.4, 0.5) is 0 Å². The highest BCUT2D eigenvalue weighted by atomic mass is 32.1. The topological polar surface area (TPSA) is 75.3 Å². The van der Waals surface area contributed by atoms with Gasteiger partial charge in [-0.1, -0.05) is 42.0 Å². The molecule has 0 radical (unpaired) electrons. The molecule has 0 spiro atoms. The molecule has 1 aromatic heterocycles. The molecule has 0 saturated carbocycles. The van der Waals surface area contributed by atoms with E-state index < -0.39 is 0 Å². The third-order valence-electron chi connectivity index (χ3n) is 5.36. The van der Waals surface area contributed by atoms with E-state index in [1.807, 2.05) is 38.1 Å². The number of nitrogens with zero attached hydrogens (tertiary/aromatic N) is 1. The molecule has 6 nitrogen and oxygen atoms in total. The number of thiazole rings is 1. The zero-order valence-electron chi connectivity index (χ0n) is 18.1.